The van der Waals surface area contributed by atoms with Crippen molar-refractivity contribution >= 4 is 11.9 Å². The molecule has 0 fully saturated rings. The van der Waals surface area contributed by atoms with Crippen LogP contribution in [0.2, 0.25) is 0 Å². The summed E-state index contributed by atoms with van der Waals surface area (Å²) in [7, 11) is 1.36. The smallest absolute Gasteiger partial charge is 0.310 e. The van der Waals surface area contributed by atoms with Crippen LogP contribution < -0.4 is 0 Å². The summed E-state index contributed by atoms with van der Waals surface area (Å²) < 4.78 is 4.63. The normalized spacial score (nSPS) is 14.2. The van der Waals surface area contributed by atoms with Gasteiger partial charge in [0, 0.05) is 19.5 Å². The maximum absolute atomic E-state index is 11.4. The van der Waals surface area contributed by atoms with Crippen LogP contribution in [0, 0.1) is 5.92 Å². The van der Waals surface area contributed by atoms with E-state index in [4.69, 9.17) is 0 Å². The summed E-state index contributed by atoms with van der Waals surface area (Å²) in [4.78, 5) is 24.3. The first-order chi connectivity index (χ1) is 6.93. The Kier molecular flexibility index (Phi) is 5.97. The topological polar surface area (TPSA) is 46.6 Å². The van der Waals surface area contributed by atoms with Gasteiger partial charge in [-0.2, -0.15) is 0 Å². The Hall–Kier alpha value is -1.06. The number of rotatable bonds is 5. The van der Waals surface area contributed by atoms with Crippen molar-refractivity contribution in [2.45, 2.75) is 40.2 Å². The van der Waals surface area contributed by atoms with E-state index in [-0.39, 0.29) is 23.8 Å². The van der Waals surface area contributed by atoms with Crippen molar-refractivity contribution in [2.24, 2.45) is 5.92 Å². The number of amides is 1. The van der Waals surface area contributed by atoms with Crippen molar-refractivity contribution < 1.29 is 14.3 Å². The molecule has 1 amide bonds. The van der Waals surface area contributed by atoms with E-state index in [1.165, 1.54) is 14.0 Å². The molecular formula is C11H21NO3. The Morgan fingerprint density at radius 2 is 1.87 bits per heavy atom. The van der Waals surface area contributed by atoms with Gasteiger partial charge in [0.1, 0.15) is 0 Å². The van der Waals surface area contributed by atoms with E-state index in [0.717, 1.165) is 6.42 Å². The molecule has 2 unspecified atom stereocenters. The van der Waals surface area contributed by atoms with Crippen molar-refractivity contribution in [3.8, 4) is 0 Å². The number of hydrogen-bond acceptors (Lipinski definition) is 3. The standard InChI is InChI=1S/C11H21NO3/c1-6-9(3)12(10(4)13)7-8(2)11(14)15-5/h8-9H,6-7H2,1-5H3. The lowest BCUT2D eigenvalue weighted by atomic mass is 10.1. The van der Waals surface area contributed by atoms with Crippen molar-refractivity contribution in [3.05, 3.63) is 0 Å². The zero-order valence-electron chi connectivity index (χ0n) is 10.2. The minimum absolute atomic E-state index is 0.0000954. The lowest BCUT2D eigenvalue weighted by molar-refractivity contribution is -0.146. The largest absolute Gasteiger partial charge is 0.469 e. The van der Waals surface area contributed by atoms with Gasteiger partial charge in [0.2, 0.25) is 5.91 Å². The molecule has 0 aromatic rings. The Balaban J connectivity index is 4.41. The van der Waals surface area contributed by atoms with E-state index < -0.39 is 0 Å². The molecule has 0 saturated carbocycles. The fourth-order valence-corrected chi connectivity index (χ4v) is 1.41. The van der Waals surface area contributed by atoms with Gasteiger partial charge in [-0.3, -0.25) is 9.59 Å². The number of nitrogens with zero attached hydrogens (tertiary/aromatic N) is 1. The molecule has 0 rings (SSSR count). The number of carbonyl (C=O) groups excluding carboxylic acids is 2. The molecule has 0 aliphatic heterocycles. The second-order valence-electron chi connectivity index (χ2n) is 3.85. The summed E-state index contributed by atoms with van der Waals surface area (Å²) >= 11 is 0. The van der Waals surface area contributed by atoms with Crippen LogP contribution in [0.25, 0.3) is 0 Å². The maximum Gasteiger partial charge on any atom is 0.310 e. The highest BCUT2D eigenvalue weighted by molar-refractivity contribution is 5.76. The van der Waals surface area contributed by atoms with Crippen LogP contribution in [0.3, 0.4) is 0 Å². The number of hydrogen-bond donors (Lipinski definition) is 0. The van der Waals surface area contributed by atoms with Gasteiger partial charge >= 0.3 is 5.97 Å². The van der Waals surface area contributed by atoms with Crippen molar-refractivity contribution in [2.75, 3.05) is 13.7 Å². The average molecular weight is 215 g/mol. The van der Waals surface area contributed by atoms with Crippen LogP contribution in [0.15, 0.2) is 0 Å². The third-order valence-corrected chi connectivity index (χ3v) is 2.60. The molecule has 4 nitrogen and oxygen atoms in total. The summed E-state index contributed by atoms with van der Waals surface area (Å²) in [5, 5.41) is 0. The molecule has 0 spiro atoms. The predicted molar refractivity (Wildman–Crippen MR) is 58.3 cm³/mol. The van der Waals surface area contributed by atoms with Crippen LogP contribution in [0.4, 0.5) is 0 Å². The molecule has 0 aromatic carbocycles. The van der Waals surface area contributed by atoms with Gasteiger partial charge in [-0.1, -0.05) is 13.8 Å². The first kappa shape index (κ1) is 13.9. The summed E-state index contributed by atoms with van der Waals surface area (Å²) in [6.07, 6.45) is 0.882. The monoisotopic (exact) mass is 215 g/mol. The zero-order chi connectivity index (χ0) is 12.0. The lowest BCUT2D eigenvalue weighted by Gasteiger charge is -2.29. The summed E-state index contributed by atoms with van der Waals surface area (Å²) in [6, 6.07) is 0.162. The highest BCUT2D eigenvalue weighted by Gasteiger charge is 2.22. The predicted octanol–water partition coefficient (Wildman–Crippen LogP) is 1.44. The van der Waals surface area contributed by atoms with Crippen LogP contribution in [-0.4, -0.2) is 36.5 Å². The highest BCUT2D eigenvalue weighted by atomic mass is 16.5. The fourth-order valence-electron chi connectivity index (χ4n) is 1.41. The van der Waals surface area contributed by atoms with Gasteiger partial charge in [0.05, 0.1) is 13.0 Å². The Morgan fingerprint density at radius 1 is 1.33 bits per heavy atom. The molecule has 15 heavy (non-hydrogen) atoms. The minimum Gasteiger partial charge on any atom is -0.469 e. The van der Waals surface area contributed by atoms with Crippen LogP contribution in [0.5, 0.6) is 0 Å². The first-order valence-electron chi connectivity index (χ1n) is 5.29. The highest BCUT2D eigenvalue weighted by Crippen LogP contribution is 2.09. The molecule has 0 saturated heterocycles. The van der Waals surface area contributed by atoms with Crippen LogP contribution in [0.1, 0.15) is 34.1 Å². The molecule has 4 heteroatoms. The van der Waals surface area contributed by atoms with Crippen LogP contribution in [-0.2, 0) is 14.3 Å². The second kappa shape index (κ2) is 6.43. The molecule has 0 bridgehead atoms. The molecule has 0 aliphatic rings. The number of methoxy groups -OCH3 is 1. The van der Waals surface area contributed by atoms with Crippen molar-refractivity contribution in [3.63, 3.8) is 0 Å². The molecule has 0 heterocycles. The molecule has 0 aromatic heterocycles. The molecule has 88 valence electrons. The first-order valence-corrected chi connectivity index (χ1v) is 5.29. The van der Waals surface area contributed by atoms with Gasteiger partial charge in [-0.15, -0.1) is 0 Å². The molecule has 0 N–H and O–H groups in total. The fraction of sp³-hybridized carbons (Fsp3) is 0.818. The third kappa shape index (κ3) is 4.32. The van der Waals surface area contributed by atoms with Gasteiger partial charge in [-0.05, 0) is 13.3 Å². The van der Waals surface area contributed by atoms with E-state index in [9.17, 15) is 9.59 Å². The number of carbonyl (C=O) groups is 2. The maximum atomic E-state index is 11.4. The zero-order valence-corrected chi connectivity index (χ0v) is 10.2. The lowest BCUT2D eigenvalue weighted by Crippen LogP contribution is -2.41. The quantitative estimate of drug-likeness (QED) is 0.652. The van der Waals surface area contributed by atoms with Crippen LogP contribution >= 0.6 is 0 Å². The minimum atomic E-state index is -0.274. The van der Waals surface area contributed by atoms with E-state index in [2.05, 4.69) is 4.74 Å². The molecule has 0 radical (unpaired) electrons. The van der Waals surface area contributed by atoms with E-state index in [1.54, 1.807) is 11.8 Å². The van der Waals surface area contributed by atoms with E-state index in [0.29, 0.717) is 6.54 Å². The molecular weight excluding hydrogens is 194 g/mol. The summed E-state index contributed by atoms with van der Waals surface area (Å²) in [5.74, 6) is -0.544. The third-order valence-electron chi connectivity index (χ3n) is 2.60. The van der Waals surface area contributed by atoms with Gasteiger partial charge in [0.25, 0.3) is 0 Å². The molecule has 2 atom stereocenters. The van der Waals surface area contributed by atoms with Gasteiger partial charge in [0.15, 0.2) is 0 Å². The Bertz CT molecular complexity index is 228. The Labute approximate surface area is 91.6 Å². The van der Waals surface area contributed by atoms with Crippen molar-refractivity contribution in [1.82, 2.24) is 4.90 Å². The summed E-state index contributed by atoms with van der Waals surface area (Å²) in [5.41, 5.74) is 0. The Morgan fingerprint density at radius 3 is 2.20 bits per heavy atom. The molecule has 0 aliphatic carbocycles. The van der Waals surface area contributed by atoms with E-state index >= 15 is 0 Å². The number of esters is 1. The second-order valence-corrected chi connectivity index (χ2v) is 3.85. The van der Waals surface area contributed by atoms with Crippen molar-refractivity contribution in [1.29, 1.82) is 0 Å². The summed E-state index contributed by atoms with van der Waals surface area (Å²) in [6.45, 7) is 7.71. The average Bonchev–Trinajstić information content (AvgIpc) is 2.22. The van der Waals surface area contributed by atoms with Gasteiger partial charge in [-0.25, -0.2) is 0 Å². The van der Waals surface area contributed by atoms with E-state index in [1.807, 2.05) is 13.8 Å². The SMILES string of the molecule is CCC(C)N(CC(C)C(=O)OC)C(C)=O. The number of ether oxygens (including phenoxy) is 1. The van der Waals surface area contributed by atoms with Gasteiger partial charge < -0.3 is 9.64 Å².